The normalized spacial score (nSPS) is 26.5. The minimum Gasteiger partial charge on any atom is -0.507 e. The van der Waals surface area contributed by atoms with Crippen LogP contribution in [0.4, 0.5) is 10.7 Å². The third-order valence-corrected chi connectivity index (χ3v) is 17.8. The number of phenolic OH excluding ortho intramolecular Hbond substituents is 1. The fourth-order valence-corrected chi connectivity index (χ4v) is 13.5. The summed E-state index contributed by atoms with van der Waals surface area (Å²) in [5.74, 6) is 1.58. The van der Waals surface area contributed by atoms with Gasteiger partial charge in [0.05, 0.1) is 17.8 Å². The fraction of sp³-hybridized carbons (Fsp3) is 0.545. The van der Waals surface area contributed by atoms with Gasteiger partial charge in [-0.05, 0) is 123 Å². The molecule has 8 aliphatic rings. The second-order valence-corrected chi connectivity index (χ2v) is 23.5. The molecule has 13 rings (SSSR count). The van der Waals surface area contributed by atoms with Crippen molar-refractivity contribution in [3.8, 4) is 17.0 Å². The first kappa shape index (κ1) is 46.0. The number of aromatic amines is 1. The van der Waals surface area contributed by atoms with Gasteiger partial charge < -0.3 is 45.4 Å². The molecule has 4 aliphatic heterocycles. The molecule has 0 unspecified atom stereocenters. The van der Waals surface area contributed by atoms with E-state index >= 15 is 0 Å². The van der Waals surface area contributed by atoms with E-state index in [0.717, 1.165) is 91.5 Å². The van der Waals surface area contributed by atoms with Gasteiger partial charge in [-0.15, -0.1) is 10.2 Å². The molecule has 16 heteroatoms. The molecular formula is C55H67N11O5. The molecule has 7 heterocycles. The van der Waals surface area contributed by atoms with Crippen molar-refractivity contribution in [2.75, 3.05) is 44.2 Å². The molecule has 5 aromatic rings. The number of benzene rings is 2. The number of H-pyrrole nitrogens is 1. The van der Waals surface area contributed by atoms with E-state index in [1.807, 2.05) is 56.3 Å². The van der Waals surface area contributed by atoms with Crippen molar-refractivity contribution < 1.29 is 24.6 Å². The number of aliphatic hydroxyl groups is 1. The highest BCUT2D eigenvalue weighted by molar-refractivity contribution is 5.93. The number of fused-ring (bicyclic) bond motifs is 3. The Kier molecular flexibility index (Phi) is 11.2. The Labute approximate surface area is 415 Å². The molecule has 0 radical (unpaired) electrons. The summed E-state index contributed by atoms with van der Waals surface area (Å²) in [4.78, 5) is 63.2. The summed E-state index contributed by atoms with van der Waals surface area (Å²) in [7, 11) is 0. The van der Waals surface area contributed by atoms with Crippen LogP contribution >= 0.6 is 0 Å². The lowest BCUT2D eigenvalue weighted by Crippen LogP contribution is -2.70. The molecule has 3 saturated heterocycles. The van der Waals surface area contributed by atoms with E-state index in [-0.39, 0.29) is 48.0 Å². The monoisotopic (exact) mass is 962 g/mol. The Hall–Kier alpha value is -6.13. The number of β-amino-alcohol motifs (C(OH)–C–C–N with tert-alkyl or cyclic N) is 1. The molecule has 5 N–H and O–H groups in total. The fourth-order valence-electron chi connectivity index (χ4n) is 13.5. The van der Waals surface area contributed by atoms with E-state index in [2.05, 4.69) is 66.8 Å². The smallest absolute Gasteiger partial charge is 0.318 e. The zero-order valence-electron chi connectivity index (χ0n) is 41.4. The van der Waals surface area contributed by atoms with E-state index in [9.17, 15) is 24.6 Å². The Bertz CT molecular complexity index is 2840. The third-order valence-electron chi connectivity index (χ3n) is 17.8. The van der Waals surface area contributed by atoms with Gasteiger partial charge in [0.1, 0.15) is 17.8 Å². The number of urea groups is 1. The molecule has 3 aromatic heterocycles. The summed E-state index contributed by atoms with van der Waals surface area (Å²) in [5, 5.41) is 37.2. The number of aromatic nitrogens is 5. The first-order valence-electron chi connectivity index (χ1n) is 26.0. The average Bonchev–Trinajstić information content (AvgIpc) is 3.89. The molecule has 4 aliphatic carbocycles. The molecule has 7 fully saturated rings. The topological polar surface area (TPSA) is 196 Å². The molecule has 2 aromatic carbocycles. The molecule has 4 amide bonds. The highest BCUT2D eigenvalue weighted by atomic mass is 16.3. The quantitative estimate of drug-likeness (QED) is 0.105. The minimum absolute atomic E-state index is 0.0147. The number of aromatic hydroxyl groups is 1. The predicted molar refractivity (Wildman–Crippen MR) is 268 cm³/mol. The first-order valence-corrected chi connectivity index (χ1v) is 26.0. The van der Waals surface area contributed by atoms with Gasteiger partial charge in [-0.2, -0.15) is 0 Å². The number of phenols is 1. The molecule has 1 spiro atoms. The van der Waals surface area contributed by atoms with Crippen molar-refractivity contribution in [2.24, 2.45) is 16.7 Å². The number of hydrogen-bond acceptors (Lipinski definition) is 11. The van der Waals surface area contributed by atoms with Crippen LogP contribution in [-0.4, -0.2) is 131 Å². The largest absolute Gasteiger partial charge is 0.507 e. The molecule has 16 nitrogen and oxygen atoms in total. The van der Waals surface area contributed by atoms with Gasteiger partial charge in [0.25, 0.3) is 0 Å². The number of anilines is 1. The molecule has 372 valence electrons. The number of aliphatic hydroxyl groups excluding tert-OH is 1. The second-order valence-electron chi connectivity index (χ2n) is 23.5. The highest BCUT2D eigenvalue weighted by Gasteiger charge is 2.58. The first-order chi connectivity index (χ1) is 34.1. The lowest BCUT2D eigenvalue weighted by molar-refractivity contribution is -0.142. The number of para-hydroxylation sites is 1. The average molecular weight is 962 g/mol. The van der Waals surface area contributed by atoms with Crippen LogP contribution in [0.5, 0.6) is 5.75 Å². The van der Waals surface area contributed by atoms with Crippen molar-refractivity contribution in [2.45, 2.75) is 134 Å². The maximum absolute atomic E-state index is 14.3. The lowest BCUT2D eigenvalue weighted by Gasteiger charge is -2.62. The zero-order chi connectivity index (χ0) is 49.0. The number of rotatable bonds is 10. The van der Waals surface area contributed by atoms with Crippen LogP contribution in [0.1, 0.15) is 119 Å². The second kappa shape index (κ2) is 17.3. The Morgan fingerprint density at radius 1 is 0.930 bits per heavy atom. The summed E-state index contributed by atoms with van der Waals surface area (Å²) < 4.78 is 0. The van der Waals surface area contributed by atoms with Gasteiger partial charge in [-0.3, -0.25) is 9.59 Å². The van der Waals surface area contributed by atoms with Crippen LogP contribution in [-0.2, 0) is 28.0 Å². The summed E-state index contributed by atoms with van der Waals surface area (Å²) in [6.45, 7) is 12.5. The van der Waals surface area contributed by atoms with Crippen molar-refractivity contribution >= 4 is 34.8 Å². The van der Waals surface area contributed by atoms with Gasteiger partial charge in [0.15, 0.2) is 5.65 Å². The van der Waals surface area contributed by atoms with Gasteiger partial charge >= 0.3 is 6.03 Å². The molecule has 4 atom stereocenters. The lowest BCUT2D eigenvalue weighted by atomic mass is 9.42. The maximum Gasteiger partial charge on any atom is 0.318 e. The summed E-state index contributed by atoms with van der Waals surface area (Å²) in [5.41, 5.74) is 7.79. The highest BCUT2D eigenvalue weighted by Crippen LogP contribution is 2.65. The van der Waals surface area contributed by atoms with Crippen molar-refractivity contribution in [1.29, 1.82) is 0 Å². The summed E-state index contributed by atoms with van der Waals surface area (Å²) in [6.07, 6.45) is 12.3. The van der Waals surface area contributed by atoms with E-state index in [4.69, 9.17) is 9.97 Å². The van der Waals surface area contributed by atoms with Crippen LogP contribution < -0.4 is 15.5 Å². The van der Waals surface area contributed by atoms with Crippen molar-refractivity contribution in [3.05, 3.63) is 94.9 Å². The van der Waals surface area contributed by atoms with Crippen LogP contribution in [0.25, 0.3) is 22.3 Å². The zero-order valence-corrected chi connectivity index (χ0v) is 41.4. The Morgan fingerprint density at radius 2 is 1.65 bits per heavy atom. The van der Waals surface area contributed by atoms with E-state index in [1.165, 1.54) is 35.3 Å². The number of piperidine rings is 1. The van der Waals surface area contributed by atoms with Gasteiger partial charge in [-0.25, -0.2) is 14.8 Å². The van der Waals surface area contributed by atoms with E-state index < -0.39 is 23.6 Å². The summed E-state index contributed by atoms with van der Waals surface area (Å²) in [6, 6.07) is 16.4. The van der Waals surface area contributed by atoms with Crippen LogP contribution in [0.3, 0.4) is 0 Å². The minimum atomic E-state index is -0.863. The molecular weight excluding hydrogens is 895 g/mol. The maximum atomic E-state index is 14.3. The van der Waals surface area contributed by atoms with Crippen molar-refractivity contribution in [3.63, 3.8) is 0 Å². The van der Waals surface area contributed by atoms with Crippen LogP contribution in [0.2, 0.25) is 0 Å². The SMILES string of the molecule is C[C@@H]1c2c([nH]c3nnc(-c4ccccc4O)cc23)CCN1c1ncc(C2CCN(C3CC4(C3)CN(C(=O)N[C@H](C(=O)N3C[C@H](O)C[C@H]3C(=O)NCc3ccc(C56CC(C5)C6)cc3)C(C)(C)C)C4)CC2)cn1. The van der Waals surface area contributed by atoms with Gasteiger partial charge in [0, 0.05) is 91.6 Å². The van der Waals surface area contributed by atoms with Gasteiger partial charge in [0.2, 0.25) is 17.8 Å². The number of hydrogen-bond donors (Lipinski definition) is 5. The Morgan fingerprint density at radius 3 is 2.32 bits per heavy atom. The molecule has 4 saturated carbocycles. The number of carbonyl (C=O) groups excluding carboxylic acids is 3. The standard InChI is InChI=1S/C55H67N11O5/c1-32-46-41-20-43(40-7-5-6-8-45(40)68)61-62-48(41)59-42(46)15-18-65(32)51-57-27-36(28-58-51)35-13-16-63(17-14-35)38-24-54(25-38)30-64(31-54)52(71)60-47(53(2,3)4)50(70)66-29-39(67)19-44(66)49(69)56-26-33-9-11-37(12-10-33)55-21-34(22-55)23-55/h5-12,20,27-28,32,34-35,38-39,44,47,67-68H,13-19,21-26,29-31H2,1-4H3,(H,56,69)(H,59,62)(H,60,71)/t32-,34?,39-,44+,47-,55?/m1/s1. The predicted octanol–water partition coefficient (Wildman–Crippen LogP) is 6.34. The number of amides is 4. The number of carbonyl (C=O) groups is 3. The van der Waals surface area contributed by atoms with Crippen LogP contribution in [0, 0.1) is 16.7 Å². The van der Waals surface area contributed by atoms with Crippen molar-refractivity contribution in [1.82, 2.24) is 50.5 Å². The number of likely N-dealkylation sites (tertiary alicyclic amines) is 3. The third kappa shape index (κ3) is 8.18. The van der Waals surface area contributed by atoms with Gasteiger partial charge in [-0.1, -0.05) is 57.2 Å². The number of nitrogens with one attached hydrogen (secondary N) is 3. The molecule has 2 bridgehead atoms. The van der Waals surface area contributed by atoms with E-state index in [0.29, 0.717) is 48.3 Å². The van der Waals surface area contributed by atoms with E-state index in [1.54, 1.807) is 12.1 Å². The summed E-state index contributed by atoms with van der Waals surface area (Å²) >= 11 is 0. The molecule has 71 heavy (non-hydrogen) atoms. The number of nitrogens with zero attached hydrogens (tertiary/aromatic N) is 8. The van der Waals surface area contributed by atoms with Crippen LogP contribution in [0.15, 0.2) is 67.0 Å². The Balaban J connectivity index is 0.607.